The molecule has 2 rings (SSSR count). The Kier molecular flexibility index (Phi) is 4.80. The van der Waals surface area contributed by atoms with Gasteiger partial charge in [0.25, 0.3) is 0 Å². The molecule has 0 radical (unpaired) electrons. The van der Waals surface area contributed by atoms with Gasteiger partial charge in [-0.3, -0.25) is 0 Å². The maximum absolute atomic E-state index is 6.16. The summed E-state index contributed by atoms with van der Waals surface area (Å²) in [5.41, 5.74) is 0. The lowest BCUT2D eigenvalue weighted by molar-refractivity contribution is 0.192. The Morgan fingerprint density at radius 2 is 1.79 bits per heavy atom. The van der Waals surface area contributed by atoms with Gasteiger partial charge in [-0.25, -0.2) is 0 Å². The normalized spacial score (nSPS) is 12.8. The third-order valence-corrected chi connectivity index (χ3v) is 3.25. The van der Waals surface area contributed by atoms with Gasteiger partial charge in [0.05, 0.1) is 0 Å². The average molecular weight is 257 g/mol. The van der Waals surface area contributed by atoms with Crippen molar-refractivity contribution in [2.45, 2.75) is 39.3 Å². The Bertz CT molecular complexity index is 516. The second-order valence-electron chi connectivity index (χ2n) is 5.19. The van der Waals surface area contributed by atoms with E-state index in [-0.39, 0.29) is 6.10 Å². The zero-order chi connectivity index (χ0) is 13.7. The molecule has 0 amide bonds. The van der Waals surface area contributed by atoms with E-state index in [2.05, 4.69) is 68.6 Å². The van der Waals surface area contributed by atoms with Crippen molar-refractivity contribution >= 4 is 10.8 Å². The maximum Gasteiger partial charge on any atom is 0.127 e. The molecule has 0 fully saturated rings. The quantitative estimate of drug-likeness (QED) is 0.844. The van der Waals surface area contributed by atoms with Gasteiger partial charge in [0.2, 0.25) is 0 Å². The molecule has 0 spiro atoms. The van der Waals surface area contributed by atoms with Crippen molar-refractivity contribution in [1.82, 2.24) is 5.32 Å². The molecule has 1 unspecified atom stereocenters. The number of rotatable bonds is 6. The highest BCUT2D eigenvalue weighted by molar-refractivity contribution is 5.88. The monoisotopic (exact) mass is 257 g/mol. The van der Waals surface area contributed by atoms with Gasteiger partial charge in [0, 0.05) is 18.0 Å². The molecule has 0 bridgehead atoms. The molecule has 0 saturated heterocycles. The Labute approximate surface area is 115 Å². The Morgan fingerprint density at radius 1 is 1.05 bits per heavy atom. The summed E-state index contributed by atoms with van der Waals surface area (Å²) in [5.74, 6) is 0.982. The Morgan fingerprint density at radius 3 is 2.53 bits per heavy atom. The minimum Gasteiger partial charge on any atom is -0.488 e. The highest BCUT2D eigenvalue weighted by atomic mass is 16.5. The van der Waals surface area contributed by atoms with Crippen LogP contribution in [0.5, 0.6) is 5.75 Å². The van der Waals surface area contributed by atoms with Gasteiger partial charge in [0.1, 0.15) is 11.9 Å². The summed E-state index contributed by atoms with van der Waals surface area (Å²) in [5, 5.41) is 5.86. The summed E-state index contributed by atoms with van der Waals surface area (Å²) >= 11 is 0. The number of hydrogen-bond acceptors (Lipinski definition) is 2. The first kappa shape index (κ1) is 13.9. The fourth-order valence-corrected chi connectivity index (χ4v) is 2.11. The summed E-state index contributed by atoms with van der Waals surface area (Å²) < 4.78 is 6.16. The molecule has 0 aliphatic heterocycles. The van der Waals surface area contributed by atoms with Gasteiger partial charge < -0.3 is 10.1 Å². The van der Waals surface area contributed by atoms with Crippen LogP contribution < -0.4 is 10.1 Å². The van der Waals surface area contributed by atoms with Crippen molar-refractivity contribution in [2.24, 2.45) is 0 Å². The Hall–Kier alpha value is -1.54. The standard InChI is InChI=1S/C17H23NO/c1-4-15(12-18-13(2)3)19-17-11-7-9-14-8-5-6-10-16(14)17/h5-11,13,15,18H,4,12H2,1-3H3. The molecular weight excluding hydrogens is 234 g/mol. The summed E-state index contributed by atoms with van der Waals surface area (Å²) in [6, 6.07) is 15.1. The Balaban J connectivity index is 2.15. The molecule has 2 nitrogen and oxygen atoms in total. The lowest BCUT2D eigenvalue weighted by Crippen LogP contribution is -2.34. The molecule has 1 atom stereocenters. The van der Waals surface area contributed by atoms with E-state index in [0.29, 0.717) is 6.04 Å². The molecule has 0 heterocycles. The van der Waals surface area contributed by atoms with Gasteiger partial charge >= 0.3 is 0 Å². The van der Waals surface area contributed by atoms with E-state index in [1.54, 1.807) is 0 Å². The summed E-state index contributed by atoms with van der Waals surface area (Å²) in [6.07, 6.45) is 1.22. The number of hydrogen-bond donors (Lipinski definition) is 1. The van der Waals surface area contributed by atoms with Crippen LogP contribution in [0.4, 0.5) is 0 Å². The third-order valence-electron chi connectivity index (χ3n) is 3.25. The molecular formula is C17H23NO. The van der Waals surface area contributed by atoms with Crippen molar-refractivity contribution in [3.8, 4) is 5.75 Å². The van der Waals surface area contributed by atoms with E-state index in [0.717, 1.165) is 18.7 Å². The maximum atomic E-state index is 6.16. The molecule has 2 aromatic rings. The van der Waals surface area contributed by atoms with Crippen molar-refractivity contribution in [1.29, 1.82) is 0 Å². The van der Waals surface area contributed by atoms with Crippen molar-refractivity contribution in [2.75, 3.05) is 6.54 Å². The number of benzene rings is 2. The predicted molar refractivity (Wildman–Crippen MR) is 81.8 cm³/mol. The fraction of sp³-hybridized carbons (Fsp3) is 0.412. The van der Waals surface area contributed by atoms with Crippen LogP contribution in [0, 0.1) is 0 Å². The third kappa shape index (κ3) is 3.71. The summed E-state index contributed by atoms with van der Waals surface area (Å²) in [6.45, 7) is 7.37. The van der Waals surface area contributed by atoms with Crippen LogP contribution in [0.15, 0.2) is 42.5 Å². The molecule has 0 saturated carbocycles. The van der Waals surface area contributed by atoms with Crippen LogP contribution in [-0.2, 0) is 0 Å². The van der Waals surface area contributed by atoms with Crippen LogP contribution in [0.3, 0.4) is 0 Å². The zero-order valence-corrected chi connectivity index (χ0v) is 12.0. The van der Waals surface area contributed by atoms with Crippen molar-refractivity contribution in [3.63, 3.8) is 0 Å². The van der Waals surface area contributed by atoms with Gasteiger partial charge in [-0.2, -0.15) is 0 Å². The molecule has 1 N–H and O–H groups in total. The van der Waals surface area contributed by atoms with Crippen molar-refractivity contribution in [3.05, 3.63) is 42.5 Å². The van der Waals surface area contributed by atoms with E-state index >= 15 is 0 Å². The van der Waals surface area contributed by atoms with E-state index in [1.807, 2.05) is 0 Å². The van der Waals surface area contributed by atoms with E-state index in [4.69, 9.17) is 4.74 Å². The largest absolute Gasteiger partial charge is 0.488 e. The molecule has 2 heteroatoms. The topological polar surface area (TPSA) is 21.3 Å². The second kappa shape index (κ2) is 6.58. The highest BCUT2D eigenvalue weighted by Gasteiger charge is 2.10. The molecule has 19 heavy (non-hydrogen) atoms. The first-order chi connectivity index (χ1) is 9.20. The molecule has 0 aliphatic rings. The molecule has 0 aliphatic carbocycles. The second-order valence-corrected chi connectivity index (χ2v) is 5.19. The van der Waals surface area contributed by atoms with Crippen LogP contribution in [-0.4, -0.2) is 18.7 Å². The lowest BCUT2D eigenvalue weighted by Gasteiger charge is -2.20. The summed E-state index contributed by atoms with van der Waals surface area (Å²) in [4.78, 5) is 0. The lowest BCUT2D eigenvalue weighted by atomic mass is 10.1. The number of ether oxygens (including phenoxy) is 1. The molecule has 102 valence electrons. The van der Waals surface area contributed by atoms with Crippen LogP contribution in [0.25, 0.3) is 10.8 Å². The highest BCUT2D eigenvalue weighted by Crippen LogP contribution is 2.26. The van der Waals surface area contributed by atoms with Crippen LogP contribution >= 0.6 is 0 Å². The smallest absolute Gasteiger partial charge is 0.127 e. The van der Waals surface area contributed by atoms with E-state index in [9.17, 15) is 0 Å². The van der Waals surface area contributed by atoms with Gasteiger partial charge in [-0.05, 0) is 17.9 Å². The minimum atomic E-state index is 0.216. The zero-order valence-electron chi connectivity index (χ0n) is 12.0. The van der Waals surface area contributed by atoms with Crippen LogP contribution in [0.1, 0.15) is 27.2 Å². The minimum absolute atomic E-state index is 0.216. The van der Waals surface area contributed by atoms with Crippen LogP contribution in [0.2, 0.25) is 0 Å². The van der Waals surface area contributed by atoms with E-state index in [1.165, 1.54) is 10.8 Å². The van der Waals surface area contributed by atoms with Gasteiger partial charge in [-0.15, -0.1) is 0 Å². The fourth-order valence-electron chi connectivity index (χ4n) is 2.11. The number of fused-ring (bicyclic) bond motifs is 1. The molecule has 0 aromatic heterocycles. The van der Waals surface area contributed by atoms with Crippen molar-refractivity contribution < 1.29 is 4.74 Å². The molecule has 2 aromatic carbocycles. The predicted octanol–water partition coefficient (Wildman–Crippen LogP) is 4.00. The SMILES string of the molecule is CCC(CNC(C)C)Oc1cccc2ccccc12. The van der Waals surface area contributed by atoms with Gasteiger partial charge in [-0.1, -0.05) is 57.2 Å². The average Bonchev–Trinajstić information content (AvgIpc) is 2.43. The first-order valence-electron chi connectivity index (χ1n) is 7.08. The summed E-state index contributed by atoms with van der Waals surface area (Å²) in [7, 11) is 0. The number of nitrogens with one attached hydrogen (secondary N) is 1. The van der Waals surface area contributed by atoms with E-state index < -0.39 is 0 Å². The van der Waals surface area contributed by atoms with Gasteiger partial charge in [0.15, 0.2) is 0 Å². The first-order valence-corrected chi connectivity index (χ1v) is 7.08.